The molecule has 0 aliphatic carbocycles. The van der Waals surface area contributed by atoms with Crippen molar-refractivity contribution in [3.05, 3.63) is 43.3 Å². The van der Waals surface area contributed by atoms with Gasteiger partial charge in [0.05, 0.1) is 15.2 Å². The van der Waals surface area contributed by atoms with Crippen LogP contribution in [0.2, 0.25) is 5.02 Å². The zero-order valence-electron chi connectivity index (χ0n) is 10.8. The van der Waals surface area contributed by atoms with Gasteiger partial charge in [-0.25, -0.2) is 17.5 Å². The summed E-state index contributed by atoms with van der Waals surface area (Å²) in [6.07, 6.45) is 0. The number of aryl methyl sites for hydroxylation is 1. The van der Waals surface area contributed by atoms with Gasteiger partial charge in [-0.3, -0.25) is 0 Å². The van der Waals surface area contributed by atoms with Gasteiger partial charge in [-0.1, -0.05) is 11.6 Å². The number of rotatable bonds is 4. The number of anilines is 1. The molecule has 0 amide bonds. The molecule has 114 valence electrons. The summed E-state index contributed by atoms with van der Waals surface area (Å²) in [5.41, 5.74) is 6.96. The molecule has 0 spiro atoms. The van der Waals surface area contributed by atoms with Crippen molar-refractivity contribution in [2.45, 2.75) is 18.4 Å². The maximum absolute atomic E-state index is 14.1. The summed E-state index contributed by atoms with van der Waals surface area (Å²) < 4.78 is 40.9. The van der Waals surface area contributed by atoms with E-state index in [4.69, 9.17) is 17.3 Å². The topological polar surface area (TPSA) is 72.2 Å². The fourth-order valence-corrected chi connectivity index (χ4v) is 4.15. The lowest BCUT2D eigenvalue weighted by molar-refractivity contribution is 0.558. The van der Waals surface area contributed by atoms with Gasteiger partial charge in [0.15, 0.2) is 5.82 Å². The summed E-state index contributed by atoms with van der Waals surface area (Å²) in [5, 5.41) is 3.76. The number of hydrogen-bond acceptors (Lipinski definition) is 4. The second-order valence-corrected chi connectivity index (χ2v) is 7.98. The van der Waals surface area contributed by atoms with Crippen LogP contribution in [0.5, 0.6) is 0 Å². The number of halogens is 3. The summed E-state index contributed by atoms with van der Waals surface area (Å²) in [4.78, 5) is -0.568. The van der Waals surface area contributed by atoms with Crippen LogP contribution in [0, 0.1) is 12.7 Å². The molecular formula is C12H11BrClFN2O2S2. The lowest BCUT2D eigenvalue weighted by Crippen LogP contribution is -2.24. The lowest BCUT2D eigenvalue weighted by atomic mass is 10.2. The quantitative estimate of drug-likeness (QED) is 0.593. The molecule has 0 fully saturated rings. The zero-order valence-corrected chi connectivity index (χ0v) is 14.8. The van der Waals surface area contributed by atoms with Crippen molar-refractivity contribution in [3.8, 4) is 0 Å². The Balaban J connectivity index is 2.34. The van der Waals surface area contributed by atoms with E-state index < -0.39 is 20.7 Å². The van der Waals surface area contributed by atoms with Gasteiger partial charge in [-0.15, -0.1) is 0 Å². The Labute approximate surface area is 139 Å². The monoisotopic (exact) mass is 412 g/mol. The van der Waals surface area contributed by atoms with Crippen LogP contribution in [-0.2, 0) is 16.6 Å². The average Bonchev–Trinajstić information content (AvgIpc) is 2.83. The van der Waals surface area contributed by atoms with E-state index in [0.29, 0.717) is 0 Å². The summed E-state index contributed by atoms with van der Waals surface area (Å²) >= 11 is 10.3. The van der Waals surface area contributed by atoms with E-state index in [2.05, 4.69) is 20.7 Å². The molecule has 1 aromatic heterocycles. The SMILES string of the molecule is Cc1cscc1CNS(=O)(=O)c1cc(Cl)c(Br)c(N)c1F. The summed E-state index contributed by atoms with van der Waals surface area (Å²) in [6.45, 7) is 1.94. The largest absolute Gasteiger partial charge is 0.395 e. The molecule has 2 rings (SSSR count). The Morgan fingerprint density at radius 1 is 1.48 bits per heavy atom. The molecule has 2 aromatic rings. The Bertz CT molecular complexity index is 793. The predicted molar refractivity (Wildman–Crippen MR) is 86.6 cm³/mol. The number of benzene rings is 1. The molecule has 21 heavy (non-hydrogen) atoms. The van der Waals surface area contributed by atoms with Crippen LogP contribution in [0.15, 0.2) is 26.2 Å². The number of thiophene rings is 1. The van der Waals surface area contributed by atoms with Gasteiger partial charge in [0.25, 0.3) is 0 Å². The van der Waals surface area contributed by atoms with Gasteiger partial charge >= 0.3 is 0 Å². The first kappa shape index (κ1) is 16.7. The Morgan fingerprint density at radius 3 is 2.71 bits per heavy atom. The van der Waals surface area contributed by atoms with Gasteiger partial charge in [0.2, 0.25) is 10.0 Å². The summed E-state index contributed by atoms with van der Waals surface area (Å²) in [6, 6.07) is 1.03. The minimum atomic E-state index is -4.05. The van der Waals surface area contributed by atoms with Crippen molar-refractivity contribution in [3.63, 3.8) is 0 Å². The van der Waals surface area contributed by atoms with Crippen LogP contribution < -0.4 is 10.5 Å². The summed E-state index contributed by atoms with van der Waals surface area (Å²) in [7, 11) is -4.05. The van der Waals surface area contributed by atoms with Crippen molar-refractivity contribution >= 4 is 54.6 Å². The predicted octanol–water partition coefficient (Wildman–Crippen LogP) is 3.67. The van der Waals surface area contributed by atoms with Crippen molar-refractivity contribution in [2.24, 2.45) is 0 Å². The van der Waals surface area contributed by atoms with Crippen LogP contribution >= 0.6 is 38.9 Å². The smallest absolute Gasteiger partial charge is 0.243 e. The molecule has 0 aliphatic heterocycles. The van der Waals surface area contributed by atoms with Crippen molar-refractivity contribution in [2.75, 3.05) is 5.73 Å². The fourth-order valence-electron chi connectivity index (χ4n) is 1.61. The maximum atomic E-state index is 14.1. The van der Waals surface area contributed by atoms with E-state index in [0.717, 1.165) is 17.2 Å². The normalized spacial score (nSPS) is 11.8. The molecule has 0 unspecified atom stereocenters. The fraction of sp³-hybridized carbons (Fsp3) is 0.167. The van der Waals surface area contributed by atoms with E-state index >= 15 is 0 Å². The number of sulfonamides is 1. The highest BCUT2D eigenvalue weighted by atomic mass is 79.9. The second-order valence-electron chi connectivity index (χ2n) is 4.30. The van der Waals surface area contributed by atoms with Crippen LogP contribution in [-0.4, -0.2) is 8.42 Å². The van der Waals surface area contributed by atoms with Crippen LogP contribution in [0.3, 0.4) is 0 Å². The molecule has 0 radical (unpaired) electrons. The zero-order chi connectivity index (χ0) is 15.8. The number of hydrogen-bond donors (Lipinski definition) is 2. The third-order valence-corrected chi connectivity index (χ3v) is 6.55. The van der Waals surface area contributed by atoms with E-state index in [1.54, 1.807) is 0 Å². The minimum absolute atomic E-state index is 0.0287. The first-order chi connectivity index (χ1) is 9.74. The molecule has 0 saturated heterocycles. The highest BCUT2D eigenvalue weighted by Crippen LogP contribution is 2.34. The number of nitrogen functional groups attached to an aromatic ring is 1. The molecule has 1 heterocycles. The van der Waals surface area contributed by atoms with E-state index in [-0.39, 0.29) is 21.7 Å². The van der Waals surface area contributed by atoms with Crippen molar-refractivity contribution in [1.82, 2.24) is 4.72 Å². The molecular weight excluding hydrogens is 403 g/mol. The van der Waals surface area contributed by atoms with Gasteiger partial charge in [-0.05, 0) is 50.8 Å². The molecule has 0 bridgehead atoms. The van der Waals surface area contributed by atoms with Gasteiger partial charge in [0.1, 0.15) is 4.90 Å². The Hall–Kier alpha value is -0.670. The van der Waals surface area contributed by atoms with Crippen molar-refractivity contribution in [1.29, 1.82) is 0 Å². The van der Waals surface area contributed by atoms with Gasteiger partial charge in [-0.2, -0.15) is 11.3 Å². The van der Waals surface area contributed by atoms with E-state index in [1.165, 1.54) is 11.3 Å². The molecule has 1 aromatic carbocycles. The molecule has 0 aliphatic rings. The molecule has 9 heteroatoms. The number of nitrogens with one attached hydrogen (secondary N) is 1. The number of nitrogens with two attached hydrogens (primary N) is 1. The molecule has 4 nitrogen and oxygen atoms in total. The summed E-state index contributed by atoms with van der Waals surface area (Å²) in [5.74, 6) is -1.03. The average molecular weight is 414 g/mol. The van der Waals surface area contributed by atoms with Crippen LogP contribution in [0.4, 0.5) is 10.1 Å². The van der Waals surface area contributed by atoms with Gasteiger partial charge in [0, 0.05) is 6.54 Å². The highest BCUT2D eigenvalue weighted by Gasteiger charge is 2.24. The second kappa shape index (κ2) is 6.21. The highest BCUT2D eigenvalue weighted by molar-refractivity contribution is 9.10. The minimum Gasteiger partial charge on any atom is -0.395 e. The van der Waals surface area contributed by atoms with Gasteiger partial charge < -0.3 is 5.73 Å². The van der Waals surface area contributed by atoms with Crippen molar-refractivity contribution < 1.29 is 12.8 Å². The third kappa shape index (κ3) is 3.40. The molecule has 0 saturated carbocycles. The molecule has 3 N–H and O–H groups in total. The standard InChI is InChI=1S/C12H11BrClFN2O2S2/c1-6-4-20-5-7(6)3-17-21(18,19)9-2-8(14)10(13)12(16)11(9)15/h2,4-5,17H,3,16H2,1H3. The van der Waals surface area contributed by atoms with Crippen LogP contribution in [0.1, 0.15) is 11.1 Å². The Kier molecular flexibility index (Phi) is 4.94. The van der Waals surface area contributed by atoms with E-state index in [9.17, 15) is 12.8 Å². The lowest BCUT2D eigenvalue weighted by Gasteiger charge is -2.11. The first-order valence-corrected chi connectivity index (χ1v) is 9.28. The van der Waals surface area contributed by atoms with E-state index in [1.807, 2.05) is 17.7 Å². The molecule has 0 atom stereocenters. The maximum Gasteiger partial charge on any atom is 0.243 e. The third-order valence-electron chi connectivity index (χ3n) is 2.86. The Morgan fingerprint density at radius 2 is 2.14 bits per heavy atom. The van der Waals surface area contributed by atoms with Crippen LogP contribution in [0.25, 0.3) is 0 Å². The first-order valence-electron chi connectivity index (χ1n) is 5.68.